The molecule has 4 nitrogen and oxygen atoms in total. The lowest BCUT2D eigenvalue weighted by Crippen LogP contribution is -2.35. The van der Waals surface area contributed by atoms with Crippen LogP contribution in [0.4, 0.5) is 5.13 Å². The maximum atomic E-state index is 5.43. The van der Waals surface area contributed by atoms with E-state index in [1.54, 1.807) is 11.3 Å². The molecule has 3 rings (SSSR count). The van der Waals surface area contributed by atoms with Crippen molar-refractivity contribution in [2.75, 3.05) is 25.0 Å². The van der Waals surface area contributed by atoms with Crippen molar-refractivity contribution in [3.63, 3.8) is 0 Å². The highest BCUT2D eigenvalue weighted by atomic mass is 32.1. The van der Waals surface area contributed by atoms with Gasteiger partial charge in [-0.15, -0.1) is 0 Å². The number of rotatable bonds is 2. The Morgan fingerprint density at radius 1 is 1.38 bits per heavy atom. The number of hydrogen-bond donors (Lipinski definition) is 2. The van der Waals surface area contributed by atoms with Gasteiger partial charge in [0.1, 0.15) is 0 Å². The predicted molar refractivity (Wildman–Crippen MR) is 65.0 cm³/mol. The lowest BCUT2D eigenvalue weighted by molar-refractivity contribution is 0.112. The summed E-state index contributed by atoms with van der Waals surface area (Å²) < 4.78 is 5.43. The van der Waals surface area contributed by atoms with Crippen LogP contribution in [0.2, 0.25) is 0 Å². The van der Waals surface area contributed by atoms with Gasteiger partial charge >= 0.3 is 0 Å². The normalized spacial score (nSPS) is 21.8. The fourth-order valence-electron chi connectivity index (χ4n) is 2.23. The first-order valence-electron chi connectivity index (χ1n) is 5.95. The largest absolute Gasteiger partial charge is 0.375 e. The van der Waals surface area contributed by atoms with E-state index in [2.05, 4.69) is 15.6 Å². The summed E-state index contributed by atoms with van der Waals surface area (Å²) in [5.74, 6) is 0. The fourth-order valence-corrected chi connectivity index (χ4v) is 3.25. The van der Waals surface area contributed by atoms with Crippen LogP contribution in [-0.4, -0.2) is 30.7 Å². The van der Waals surface area contributed by atoms with E-state index >= 15 is 0 Å². The van der Waals surface area contributed by atoms with Crippen LogP contribution in [-0.2, 0) is 17.8 Å². The smallest absolute Gasteiger partial charge is 0.183 e. The number of ether oxygens (including phenoxy) is 1. The predicted octanol–water partition coefficient (Wildman–Crippen LogP) is 1.38. The molecule has 88 valence electrons. The Morgan fingerprint density at radius 3 is 3.06 bits per heavy atom. The summed E-state index contributed by atoms with van der Waals surface area (Å²) in [7, 11) is 0. The zero-order chi connectivity index (χ0) is 10.8. The maximum absolute atomic E-state index is 5.43. The average molecular weight is 239 g/mol. The molecule has 0 saturated carbocycles. The highest BCUT2D eigenvalue weighted by molar-refractivity contribution is 7.15. The van der Waals surface area contributed by atoms with Crippen LogP contribution in [0.5, 0.6) is 0 Å². The standard InChI is InChI=1S/C11H17N3OS/c1-4-12-5-2-8(1)13-11-14-9-3-6-15-7-10(9)16-11/h8,12H,1-7H2,(H,13,14). The summed E-state index contributed by atoms with van der Waals surface area (Å²) in [4.78, 5) is 5.96. The van der Waals surface area contributed by atoms with Crippen LogP contribution < -0.4 is 10.6 Å². The second kappa shape index (κ2) is 4.69. The van der Waals surface area contributed by atoms with Gasteiger partial charge in [-0.1, -0.05) is 11.3 Å². The van der Waals surface area contributed by atoms with Gasteiger partial charge in [0.05, 0.1) is 23.8 Å². The minimum absolute atomic E-state index is 0.592. The van der Waals surface area contributed by atoms with Crippen molar-refractivity contribution in [1.29, 1.82) is 0 Å². The average Bonchev–Trinajstić information content (AvgIpc) is 2.72. The second-order valence-electron chi connectivity index (χ2n) is 4.36. The molecule has 1 aromatic rings. The molecule has 1 fully saturated rings. The van der Waals surface area contributed by atoms with Gasteiger partial charge in [-0.2, -0.15) is 0 Å². The van der Waals surface area contributed by atoms with Crippen molar-refractivity contribution < 1.29 is 4.74 Å². The van der Waals surface area contributed by atoms with Gasteiger partial charge in [0, 0.05) is 12.5 Å². The SMILES string of the molecule is C1CC(Nc2nc3c(s2)COCC3)CCN1. The molecule has 1 aromatic heterocycles. The third-order valence-electron chi connectivity index (χ3n) is 3.16. The molecule has 0 aliphatic carbocycles. The molecule has 16 heavy (non-hydrogen) atoms. The Kier molecular flexibility index (Phi) is 3.08. The number of fused-ring (bicyclic) bond motifs is 1. The number of nitrogens with one attached hydrogen (secondary N) is 2. The number of piperidine rings is 1. The summed E-state index contributed by atoms with van der Waals surface area (Å²) in [6.07, 6.45) is 3.36. The van der Waals surface area contributed by atoms with Crippen molar-refractivity contribution in [2.24, 2.45) is 0 Å². The third kappa shape index (κ3) is 2.21. The van der Waals surface area contributed by atoms with Crippen molar-refractivity contribution in [1.82, 2.24) is 10.3 Å². The summed E-state index contributed by atoms with van der Waals surface area (Å²) in [5, 5.41) is 8.01. The molecule has 0 unspecified atom stereocenters. The molecule has 2 aliphatic rings. The number of hydrogen-bond acceptors (Lipinski definition) is 5. The molecule has 0 spiro atoms. The van der Waals surface area contributed by atoms with E-state index in [0.717, 1.165) is 37.9 Å². The number of thiazole rings is 1. The Bertz CT molecular complexity index is 337. The Balaban J connectivity index is 1.67. The molecule has 1 saturated heterocycles. The Hall–Kier alpha value is -0.650. The van der Waals surface area contributed by atoms with Crippen LogP contribution in [0.3, 0.4) is 0 Å². The van der Waals surface area contributed by atoms with Crippen LogP contribution >= 0.6 is 11.3 Å². The van der Waals surface area contributed by atoms with Gasteiger partial charge < -0.3 is 15.4 Å². The van der Waals surface area contributed by atoms with Gasteiger partial charge in [-0.3, -0.25) is 0 Å². The summed E-state index contributed by atoms with van der Waals surface area (Å²) >= 11 is 1.76. The van der Waals surface area contributed by atoms with Crippen molar-refractivity contribution in [3.05, 3.63) is 10.6 Å². The van der Waals surface area contributed by atoms with E-state index in [1.165, 1.54) is 23.4 Å². The van der Waals surface area contributed by atoms with Crippen LogP contribution in [0.25, 0.3) is 0 Å². The lowest BCUT2D eigenvalue weighted by Gasteiger charge is -2.23. The monoisotopic (exact) mass is 239 g/mol. The van der Waals surface area contributed by atoms with E-state index in [9.17, 15) is 0 Å². The topological polar surface area (TPSA) is 46.2 Å². The van der Waals surface area contributed by atoms with E-state index in [-0.39, 0.29) is 0 Å². The van der Waals surface area contributed by atoms with Crippen molar-refractivity contribution in [2.45, 2.75) is 31.9 Å². The van der Waals surface area contributed by atoms with E-state index in [1.807, 2.05) is 0 Å². The molecular formula is C11H17N3OS. The first-order valence-corrected chi connectivity index (χ1v) is 6.77. The zero-order valence-corrected chi connectivity index (χ0v) is 10.1. The van der Waals surface area contributed by atoms with Crippen molar-refractivity contribution in [3.8, 4) is 0 Å². The summed E-state index contributed by atoms with van der Waals surface area (Å²) in [5.41, 5.74) is 1.24. The molecule has 0 bridgehead atoms. The van der Waals surface area contributed by atoms with Gasteiger partial charge in [0.15, 0.2) is 5.13 Å². The van der Waals surface area contributed by atoms with E-state index in [4.69, 9.17) is 4.74 Å². The van der Waals surface area contributed by atoms with E-state index < -0.39 is 0 Å². The van der Waals surface area contributed by atoms with Gasteiger partial charge in [0.2, 0.25) is 0 Å². The van der Waals surface area contributed by atoms with Crippen LogP contribution in [0.15, 0.2) is 0 Å². The Morgan fingerprint density at radius 2 is 2.25 bits per heavy atom. The number of nitrogens with zero attached hydrogens (tertiary/aromatic N) is 1. The highest BCUT2D eigenvalue weighted by Crippen LogP contribution is 2.28. The highest BCUT2D eigenvalue weighted by Gasteiger charge is 2.18. The number of aromatic nitrogens is 1. The van der Waals surface area contributed by atoms with E-state index in [0.29, 0.717) is 6.04 Å². The van der Waals surface area contributed by atoms with Crippen molar-refractivity contribution >= 4 is 16.5 Å². The molecule has 0 atom stereocenters. The van der Waals surface area contributed by atoms with Gasteiger partial charge in [0.25, 0.3) is 0 Å². The first kappa shape index (κ1) is 10.5. The molecule has 0 amide bonds. The van der Waals surface area contributed by atoms with Crippen LogP contribution in [0.1, 0.15) is 23.4 Å². The molecule has 3 heterocycles. The van der Waals surface area contributed by atoms with Gasteiger partial charge in [-0.25, -0.2) is 4.98 Å². The maximum Gasteiger partial charge on any atom is 0.183 e. The molecule has 0 aromatic carbocycles. The molecule has 5 heteroatoms. The third-order valence-corrected chi connectivity index (χ3v) is 4.16. The number of anilines is 1. The zero-order valence-electron chi connectivity index (χ0n) is 9.29. The fraction of sp³-hybridized carbons (Fsp3) is 0.727. The molecule has 2 N–H and O–H groups in total. The first-order chi connectivity index (χ1) is 7.92. The minimum atomic E-state index is 0.592. The molecule has 2 aliphatic heterocycles. The Labute approximate surface area is 99.4 Å². The lowest BCUT2D eigenvalue weighted by atomic mass is 10.1. The van der Waals surface area contributed by atoms with Crippen LogP contribution in [0, 0.1) is 0 Å². The quantitative estimate of drug-likeness (QED) is 0.818. The summed E-state index contributed by atoms with van der Waals surface area (Å²) in [6, 6.07) is 0.592. The second-order valence-corrected chi connectivity index (χ2v) is 5.44. The summed E-state index contributed by atoms with van der Waals surface area (Å²) in [6.45, 7) is 3.81. The minimum Gasteiger partial charge on any atom is -0.375 e. The molecule has 0 radical (unpaired) electrons. The van der Waals surface area contributed by atoms with Gasteiger partial charge in [-0.05, 0) is 25.9 Å². The molecular weight excluding hydrogens is 222 g/mol.